The number of hydrogen-bond donors (Lipinski definition) is 2. The topological polar surface area (TPSA) is 161 Å². The number of sulfone groups is 1. The third-order valence-electron chi connectivity index (χ3n) is 5.35. The lowest BCUT2D eigenvalue weighted by molar-refractivity contribution is 0.582. The molecule has 0 radical (unpaired) electrons. The maximum Gasteiger partial charge on any atom is 0.270 e. The number of nitrogens with one attached hydrogen (secondary N) is 1. The third-order valence-corrected chi connectivity index (χ3v) is 7.50. The molecule has 0 spiro atoms. The molecule has 0 amide bonds. The van der Waals surface area contributed by atoms with Gasteiger partial charge in [-0.1, -0.05) is 18.2 Å². The van der Waals surface area contributed by atoms with Crippen LogP contribution >= 0.6 is 0 Å². The van der Waals surface area contributed by atoms with Crippen LogP contribution in [0.5, 0.6) is 0 Å². The van der Waals surface area contributed by atoms with Crippen molar-refractivity contribution < 1.29 is 12.8 Å². The second kappa shape index (κ2) is 9.61. The van der Waals surface area contributed by atoms with Crippen molar-refractivity contribution in [2.24, 2.45) is 0 Å². The molecule has 178 valence electrons. The van der Waals surface area contributed by atoms with Crippen LogP contribution in [0.15, 0.2) is 58.0 Å². The molecule has 0 bridgehead atoms. The van der Waals surface area contributed by atoms with Crippen molar-refractivity contribution >= 4 is 15.7 Å². The second-order valence-corrected chi connectivity index (χ2v) is 10.5. The first kappa shape index (κ1) is 24.0. The molecule has 10 nitrogen and oxygen atoms in total. The summed E-state index contributed by atoms with van der Waals surface area (Å²) in [4.78, 5) is 8.74. The first-order valence-electron chi connectivity index (χ1n) is 10.7. The van der Waals surface area contributed by atoms with E-state index in [1.165, 1.54) is 24.4 Å². The van der Waals surface area contributed by atoms with Gasteiger partial charge in [-0.2, -0.15) is 5.26 Å². The van der Waals surface area contributed by atoms with Crippen molar-refractivity contribution in [3.63, 3.8) is 0 Å². The number of aromatic nitrogens is 4. The van der Waals surface area contributed by atoms with E-state index >= 15 is 0 Å². The zero-order valence-electron chi connectivity index (χ0n) is 19.3. The van der Waals surface area contributed by atoms with Crippen LogP contribution < -0.4 is 11.1 Å². The highest BCUT2D eigenvalue weighted by molar-refractivity contribution is 7.92. The number of hydrogen-bond acceptors (Lipinski definition) is 10. The summed E-state index contributed by atoms with van der Waals surface area (Å²) in [6.45, 7) is 3.91. The van der Waals surface area contributed by atoms with Gasteiger partial charge in [0.15, 0.2) is 21.3 Å². The quantitative estimate of drug-likeness (QED) is 0.394. The zero-order chi connectivity index (χ0) is 25.2. The Labute approximate surface area is 202 Å². The van der Waals surface area contributed by atoms with E-state index in [9.17, 15) is 13.7 Å². The highest BCUT2D eigenvalue weighted by Crippen LogP contribution is 2.30. The number of nitriles is 1. The van der Waals surface area contributed by atoms with Gasteiger partial charge in [-0.15, -0.1) is 10.2 Å². The van der Waals surface area contributed by atoms with E-state index in [0.29, 0.717) is 17.1 Å². The fourth-order valence-corrected chi connectivity index (χ4v) is 4.46. The largest absolute Gasteiger partial charge is 0.414 e. The van der Waals surface area contributed by atoms with Crippen LogP contribution in [-0.4, -0.2) is 40.9 Å². The Kier molecular flexibility index (Phi) is 6.59. The molecule has 0 aliphatic heterocycles. The molecule has 35 heavy (non-hydrogen) atoms. The molecule has 0 fully saturated rings. The molecule has 2 heterocycles. The van der Waals surface area contributed by atoms with Gasteiger partial charge in [-0.25, -0.2) is 18.4 Å². The Balaban J connectivity index is 1.71. The molecule has 2 aromatic heterocycles. The van der Waals surface area contributed by atoms with E-state index < -0.39 is 15.1 Å². The van der Waals surface area contributed by atoms with Gasteiger partial charge in [0.05, 0.1) is 33.7 Å². The van der Waals surface area contributed by atoms with Crippen molar-refractivity contribution in [2.45, 2.75) is 30.5 Å². The molecule has 4 rings (SSSR count). The van der Waals surface area contributed by atoms with E-state index in [2.05, 4.69) is 25.5 Å². The van der Waals surface area contributed by atoms with Gasteiger partial charge in [-0.3, -0.25) is 0 Å². The Hall–Kier alpha value is -4.14. The molecule has 0 unspecified atom stereocenters. The van der Waals surface area contributed by atoms with E-state index in [4.69, 9.17) is 10.2 Å². The molecular weight excluding hydrogens is 466 g/mol. The van der Waals surface area contributed by atoms with Gasteiger partial charge in [-0.05, 0) is 50.7 Å². The van der Waals surface area contributed by atoms with Crippen molar-refractivity contribution in [3.8, 4) is 40.4 Å². The summed E-state index contributed by atoms with van der Waals surface area (Å²) in [6.07, 6.45) is 1.41. The maximum absolute atomic E-state index is 12.5. The predicted octanol–water partition coefficient (Wildman–Crippen LogP) is 3.22. The van der Waals surface area contributed by atoms with E-state index in [1.54, 1.807) is 13.8 Å². The number of anilines is 1. The minimum atomic E-state index is -3.54. The molecular formula is C24H23N7O3S. The number of nitrogen functional groups attached to an aromatic ring is 1. The lowest BCUT2D eigenvalue weighted by Crippen LogP contribution is -2.14. The number of benzene rings is 2. The van der Waals surface area contributed by atoms with Crippen LogP contribution in [-0.2, 0) is 16.4 Å². The molecule has 0 aliphatic carbocycles. The van der Waals surface area contributed by atoms with Crippen LogP contribution in [0, 0.1) is 11.3 Å². The summed E-state index contributed by atoms with van der Waals surface area (Å²) in [6, 6.07) is 14.0. The van der Waals surface area contributed by atoms with Crippen molar-refractivity contribution in [1.29, 1.82) is 5.26 Å². The van der Waals surface area contributed by atoms with Crippen LogP contribution in [0.1, 0.15) is 25.0 Å². The first-order valence-corrected chi connectivity index (χ1v) is 12.3. The van der Waals surface area contributed by atoms with Crippen LogP contribution in [0.3, 0.4) is 0 Å². The SMILES string of the molecule is CNCc1ccc(-c2nnc(-c3nc(-c4ccc(S(=O)(=O)C(C)C)cc4C#N)cnc3N)o2)cc1. The highest BCUT2D eigenvalue weighted by Gasteiger charge is 2.22. The van der Waals surface area contributed by atoms with Crippen molar-refractivity contribution in [3.05, 3.63) is 59.8 Å². The summed E-state index contributed by atoms with van der Waals surface area (Å²) < 4.78 is 30.8. The number of rotatable bonds is 7. The average molecular weight is 490 g/mol. The highest BCUT2D eigenvalue weighted by atomic mass is 32.2. The van der Waals surface area contributed by atoms with Gasteiger partial charge < -0.3 is 15.5 Å². The molecule has 0 atom stereocenters. The smallest absolute Gasteiger partial charge is 0.270 e. The summed E-state index contributed by atoms with van der Waals surface area (Å²) in [5.41, 5.74) is 8.91. The van der Waals surface area contributed by atoms with Gasteiger partial charge >= 0.3 is 0 Å². The molecule has 0 saturated heterocycles. The molecule has 11 heteroatoms. The van der Waals surface area contributed by atoms with E-state index in [1.807, 2.05) is 37.4 Å². The minimum absolute atomic E-state index is 0.0682. The second-order valence-electron chi connectivity index (χ2n) is 8.04. The molecule has 0 aliphatic rings. The Morgan fingerprint density at radius 1 is 1.11 bits per heavy atom. The zero-order valence-corrected chi connectivity index (χ0v) is 20.2. The van der Waals surface area contributed by atoms with Crippen molar-refractivity contribution in [2.75, 3.05) is 12.8 Å². The summed E-state index contributed by atoms with van der Waals surface area (Å²) in [7, 11) is -1.67. The van der Waals surface area contributed by atoms with Gasteiger partial charge in [0, 0.05) is 17.7 Å². The van der Waals surface area contributed by atoms with E-state index in [0.717, 1.165) is 17.7 Å². The minimum Gasteiger partial charge on any atom is -0.414 e. The van der Waals surface area contributed by atoms with Crippen molar-refractivity contribution in [1.82, 2.24) is 25.5 Å². The summed E-state index contributed by atoms with van der Waals surface area (Å²) in [5.74, 6) is 0.443. The lowest BCUT2D eigenvalue weighted by Gasteiger charge is -2.11. The Morgan fingerprint density at radius 3 is 2.49 bits per heavy atom. The standard InChI is InChI=1S/C24H23N7O3S/c1-14(2)35(32,33)18-8-9-19(17(10-18)11-25)20-13-28-22(26)21(29-20)24-31-30-23(34-24)16-6-4-15(5-7-16)12-27-3/h4-10,13-14,27H,12H2,1-3H3,(H2,26,28). The number of nitrogens with two attached hydrogens (primary N) is 1. The van der Waals surface area contributed by atoms with Crippen LogP contribution in [0.25, 0.3) is 34.3 Å². The van der Waals surface area contributed by atoms with Crippen LogP contribution in [0.2, 0.25) is 0 Å². The molecule has 3 N–H and O–H groups in total. The Morgan fingerprint density at radius 2 is 1.83 bits per heavy atom. The van der Waals surface area contributed by atoms with Gasteiger partial charge in [0.2, 0.25) is 5.89 Å². The fraction of sp³-hybridized carbons (Fsp3) is 0.208. The van der Waals surface area contributed by atoms with Gasteiger partial charge in [0.25, 0.3) is 5.89 Å². The fourth-order valence-electron chi connectivity index (χ4n) is 3.38. The predicted molar refractivity (Wildman–Crippen MR) is 130 cm³/mol. The van der Waals surface area contributed by atoms with Gasteiger partial charge in [0.1, 0.15) is 0 Å². The lowest BCUT2D eigenvalue weighted by atomic mass is 10.1. The first-order chi connectivity index (χ1) is 16.7. The van der Waals surface area contributed by atoms with Crippen LogP contribution in [0.4, 0.5) is 5.82 Å². The molecule has 4 aromatic rings. The summed E-state index contributed by atoms with van der Waals surface area (Å²) >= 11 is 0. The molecule has 0 saturated carbocycles. The third kappa shape index (κ3) is 4.75. The Bertz CT molecular complexity index is 1520. The number of nitrogens with zero attached hydrogens (tertiary/aromatic N) is 5. The summed E-state index contributed by atoms with van der Waals surface area (Å²) in [5, 5.41) is 20.3. The monoisotopic (exact) mass is 489 g/mol. The van der Waals surface area contributed by atoms with E-state index in [-0.39, 0.29) is 27.9 Å². The average Bonchev–Trinajstić information content (AvgIpc) is 3.34. The maximum atomic E-state index is 12.5. The molecule has 2 aromatic carbocycles. The normalized spacial score (nSPS) is 11.5.